The number of carbonyl (C=O) groups excluding carboxylic acids is 2. The van der Waals surface area contributed by atoms with Crippen LogP contribution in [0, 0.1) is 0 Å². The number of rotatable bonds is 2. The first-order valence-electron chi connectivity index (χ1n) is 5.59. The van der Waals surface area contributed by atoms with Gasteiger partial charge in [-0.05, 0) is 12.8 Å². The number of likely N-dealkylation sites (tertiary alicyclic amines) is 1. The molecule has 0 aromatic heterocycles. The fraction of sp³-hybridized carbons (Fsp3) is 0.800. The summed E-state index contributed by atoms with van der Waals surface area (Å²) in [6.45, 7) is 1.94. The molecule has 15 heavy (non-hydrogen) atoms. The Bertz CT molecular complexity index is 292. The standard InChI is InChI=1S/C10H15N3O2/c14-9-4-11-10(15)13(9)8-5-12(6-8)7-2-1-3-7/h7-8H,1-6H2,(H,11,15). The van der Waals surface area contributed by atoms with Crippen LogP contribution in [0.5, 0.6) is 0 Å². The van der Waals surface area contributed by atoms with Gasteiger partial charge in [0.2, 0.25) is 5.91 Å². The lowest BCUT2D eigenvalue weighted by Crippen LogP contribution is -2.64. The summed E-state index contributed by atoms with van der Waals surface area (Å²) in [7, 11) is 0. The van der Waals surface area contributed by atoms with E-state index in [0.29, 0.717) is 0 Å². The highest BCUT2D eigenvalue weighted by molar-refractivity contribution is 6.02. The van der Waals surface area contributed by atoms with Crippen LogP contribution in [0.25, 0.3) is 0 Å². The van der Waals surface area contributed by atoms with Crippen LogP contribution in [0.2, 0.25) is 0 Å². The second-order valence-electron chi connectivity index (χ2n) is 4.61. The number of nitrogens with one attached hydrogen (secondary N) is 1. The van der Waals surface area contributed by atoms with E-state index in [1.165, 1.54) is 24.2 Å². The quantitative estimate of drug-likeness (QED) is 0.639. The van der Waals surface area contributed by atoms with Crippen LogP contribution >= 0.6 is 0 Å². The molecule has 3 rings (SSSR count). The van der Waals surface area contributed by atoms with E-state index in [4.69, 9.17) is 0 Å². The largest absolute Gasteiger partial charge is 0.329 e. The Kier molecular flexibility index (Phi) is 1.95. The van der Waals surface area contributed by atoms with E-state index in [2.05, 4.69) is 10.2 Å². The maximum Gasteiger partial charge on any atom is 0.324 e. The first-order chi connectivity index (χ1) is 7.25. The van der Waals surface area contributed by atoms with Gasteiger partial charge in [-0.2, -0.15) is 0 Å². The van der Waals surface area contributed by atoms with Gasteiger partial charge >= 0.3 is 6.03 Å². The maximum atomic E-state index is 11.4. The molecule has 1 aliphatic carbocycles. The fourth-order valence-corrected chi connectivity index (χ4v) is 2.51. The molecule has 0 aromatic carbocycles. The predicted molar refractivity (Wildman–Crippen MR) is 53.2 cm³/mol. The van der Waals surface area contributed by atoms with Gasteiger partial charge in [0.25, 0.3) is 0 Å². The van der Waals surface area contributed by atoms with Crippen LogP contribution < -0.4 is 5.32 Å². The van der Waals surface area contributed by atoms with Crippen LogP contribution in [0.4, 0.5) is 4.79 Å². The number of amides is 3. The predicted octanol–water partition coefficient (Wildman–Crippen LogP) is -0.225. The van der Waals surface area contributed by atoms with Crippen LogP contribution in [0.3, 0.4) is 0 Å². The van der Waals surface area contributed by atoms with E-state index < -0.39 is 0 Å². The minimum Gasteiger partial charge on any atom is -0.329 e. The molecule has 3 amide bonds. The van der Waals surface area contributed by atoms with Gasteiger partial charge < -0.3 is 5.32 Å². The molecule has 5 nitrogen and oxygen atoms in total. The molecular weight excluding hydrogens is 194 g/mol. The lowest BCUT2D eigenvalue weighted by atomic mass is 9.88. The van der Waals surface area contributed by atoms with Crippen molar-refractivity contribution >= 4 is 11.9 Å². The van der Waals surface area contributed by atoms with Gasteiger partial charge in [0.1, 0.15) is 0 Å². The summed E-state index contributed by atoms with van der Waals surface area (Å²) >= 11 is 0. The highest BCUT2D eigenvalue weighted by Crippen LogP contribution is 2.30. The molecule has 2 heterocycles. The summed E-state index contributed by atoms with van der Waals surface area (Å²) in [5.41, 5.74) is 0. The van der Waals surface area contributed by atoms with Crippen LogP contribution in [-0.4, -0.2) is 53.5 Å². The summed E-state index contributed by atoms with van der Waals surface area (Å²) in [6, 6.07) is 0.640. The third-order valence-electron chi connectivity index (χ3n) is 3.73. The van der Waals surface area contributed by atoms with Gasteiger partial charge in [0.15, 0.2) is 0 Å². The lowest BCUT2D eigenvalue weighted by Gasteiger charge is -2.49. The van der Waals surface area contributed by atoms with Gasteiger partial charge in [-0.15, -0.1) is 0 Å². The van der Waals surface area contributed by atoms with Gasteiger partial charge in [-0.25, -0.2) is 4.79 Å². The molecule has 2 aliphatic heterocycles. The Hall–Kier alpha value is -1.10. The molecule has 0 radical (unpaired) electrons. The number of hydrogen-bond acceptors (Lipinski definition) is 3. The van der Waals surface area contributed by atoms with E-state index in [1.54, 1.807) is 0 Å². The molecular formula is C10H15N3O2. The minimum atomic E-state index is -0.210. The average molecular weight is 209 g/mol. The zero-order valence-corrected chi connectivity index (χ0v) is 8.61. The van der Waals surface area contributed by atoms with Crippen molar-refractivity contribution in [1.82, 2.24) is 15.1 Å². The van der Waals surface area contributed by atoms with Crippen molar-refractivity contribution in [2.45, 2.75) is 31.3 Å². The van der Waals surface area contributed by atoms with E-state index in [1.807, 2.05) is 0 Å². The molecule has 1 N–H and O–H groups in total. The Balaban J connectivity index is 1.57. The summed E-state index contributed by atoms with van der Waals surface area (Å²) in [4.78, 5) is 26.5. The zero-order valence-electron chi connectivity index (χ0n) is 8.61. The Morgan fingerprint density at radius 2 is 1.87 bits per heavy atom. The number of urea groups is 1. The van der Waals surface area contributed by atoms with Crippen LogP contribution in [0.1, 0.15) is 19.3 Å². The number of hydrogen-bond donors (Lipinski definition) is 1. The first-order valence-corrected chi connectivity index (χ1v) is 5.59. The van der Waals surface area contributed by atoms with E-state index in [-0.39, 0.29) is 24.5 Å². The SMILES string of the molecule is O=C1CNC(=O)N1C1CN(C2CCC2)C1. The molecule has 3 fully saturated rings. The highest BCUT2D eigenvalue weighted by atomic mass is 16.2. The minimum absolute atomic E-state index is 0.0711. The summed E-state index contributed by atoms with van der Waals surface area (Å²) < 4.78 is 0. The van der Waals surface area contributed by atoms with E-state index in [0.717, 1.165) is 19.1 Å². The third-order valence-corrected chi connectivity index (χ3v) is 3.73. The van der Waals surface area contributed by atoms with Crippen LogP contribution in [-0.2, 0) is 4.79 Å². The molecule has 1 saturated carbocycles. The monoisotopic (exact) mass is 209 g/mol. The first kappa shape index (κ1) is 9.15. The molecule has 0 unspecified atom stereocenters. The van der Waals surface area contributed by atoms with Gasteiger partial charge in [-0.3, -0.25) is 14.6 Å². The van der Waals surface area contributed by atoms with Crippen molar-refractivity contribution in [2.24, 2.45) is 0 Å². The molecule has 0 atom stereocenters. The zero-order chi connectivity index (χ0) is 10.4. The second-order valence-corrected chi connectivity index (χ2v) is 4.61. The average Bonchev–Trinajstić information content (AvgIpc) is 2.36. The van der Waals surface area contributed by atoms with Gasteiger partial charge in [0, 0.05) is 19.1 Å². The highest BCUT2D eigenvalue weighted by Gasteiger charge is 2.43. The number of nitrogens with zero attached hydrogens (tertiary/aromatic N) is 2. The van der Waals surface area contributed by atoms with Crippen molar-refractivity contribution in [3.05, 3.63) is 0 Å². The van der Waals surface area contributed by atoms with Gasteiger partial charge in [-0.1, -0.05) is 6.42 Å². The molecule has 3 aliphatic rings. The second kappa shape index (κ2) is 3.20. The molecule has 0 aromatic rings. The Morgan fingerprint density at radius 3 is 2.33 bits per heavy atom. The molecule has 82 valence electrons. The molecule has 0 spiro atoms. The summed E-state index contributed by atoms with van der Waals surface area (Å²) in [5.74, 6) is -0.0711. The van der Waals surface area contributed by atoms with E-state index >= 15 is 0 Å². The Morgan fingerprint density at radius 1 is 1.13 bits per heavy atom. The maximum absolute atomic E-state index is 11.4. The van der Waals surface area contributed by atoms with Crippen LogP contribution in [0.15, 0.2) is 0 Å². The third kappa shape index (κ3) is 1.33. The van der Waals surface area contributed by atoms with Crippen molar-refractivity contribution in [1.29, 1.82) is 0 Å². The fourth-order valence-electron chi connectivity index (χ4n) is 2.51. The normalized spacial score (nSPS) is 28.9. The number of carbonyl (C=O) groups is 2. The smallest absolute Gasteiger partial charge is 0.324 e. The van der Waals surface area contributed by atoms with Crippen molar-refractivity contribution < 1.29 is 9.59 Å². The lowest BCUT2D eigenvalue weighted by molar-refractivity contribution is -0.130. The molecule has 2 saturated heterocycles. The Labute approximate surface area is 88.4 Å². The van der Waals surface area contributed by atoms with E-state index in [9.17, 15) is 9.59 Å². The number of imide groups is 1. The van der Waals surface area contributed by atoms with Gasteiger partial charge in [0.05, 0.1) is 12.6 Å². The molecule has 5 heteroatoms. The van der Waals surface area contributed by atoms with Crippen molar-refractivity contribution in [3.63, 3.8) is 0 Å². The summed E-state index contributed by atoms with van der Waals surface area (Å²) in [6.07, 6.45) is 3.90. The van der Waals surface area contributed by atoms with Crippen molar-refractivity contribution in [3.8, 4) is 0 Å². The topological polar surface area (TPSA) is 52.7 Å². The summed E-state index contributed by atoms with van der Waals surface area (Å²) in [5, 5.41) is 2.56. The van der Waals surface area contributed by atoms with Crippen molar-refractivity contribution in [2.75, 3.05) is 19.6 Å². The molecule has 0 bridgehead atoms.